The van der Waals surface area contributed by atoms with E-state index in [1.807, 2.05) is 25.1 Å². The van der Waals surface area contributed by atoms with Crippen molar-refractivity contribution in [2.75, 3.05) is 13.2 Å². The van der Waals surface area contributed by atoms with Crippen molar-refractivity contribution in [3.05, 3.63) is 35.9 Å². The monoisotopic (exact) mass is 428 g/mol. The first-order valence-corrected chi connectivity index (χ1v) is 11.2. The van der Waals surface area contributed by atoms with Crippen molar-refractivity contribution < 1.29 is 23.9 Å². The Bertz CT molecular complexity index is 809. The molecule has 3 rings (SSSR count). The van der Waals surface area contributed by atoms with E-state index in [9.17, 15) is 19.2 Å². The van der Waals surface area contributed by atoms with Gasteiger partial charge in [0.15, 0.2) is 12.4 Å². The van der Waals surface area contributed by atoms with Gasteiger partial charge in [0.05, 0.1) is 6.04 Å². The van der Waals surface area contributed by atoms with Gasteiger partial charge in [0.25, 0.3) is 0 Å². The Labute approximate surface area is 183 Å². The molecule has 7 nitrogen and oxygen atoms in total. The van der Waals surface area contributed by atoms with Crippen molar-refractivity contribution >= 4 is 23.6 Å². The lowest BCUT2D eigenvalue weighted by Crippen LogP contribution is -2.52. The van der Waals surface area contributed by atoms with Crippen molar-refractivity contribution in [3.8, 4) is 0 Å². The third-order valence-corrected chi connectivity index (χ3v) is 6.27. The van der Waals surface area contributed by atoms with Crippen LogP contribution in [-0.2, 0) is 30.3 Å². The number of hydrogen-bond donors (Lipinski definition) is 0. The zero-order chi connectivity index (χ0) is 22.4. The quantitative estimate of drug-likeness (QED) is 0.594. The number of ketones is 1. The fourth-order valence-corrected chi connectivity index (χ4v) is 4.69. The van der Waals surface area contributed by atoms with E-state index in [2.05, 4.69) is 12.1 Å². The highest BCUT2D eigenvalue weighted by Gasteiger charge is 2.44. The summed E-state index contributed by atoms with van der Waals surface area (Å²) >= 11 is 0. The highest BCUT2D eigenvalue weighted by atomic mass is 16.5. The normalized spacial score (nSPS) is 23.1. The second-order valence-corrected chi connectivity index (χ2v) is 8.52. The summed E-state index contributed by atoms with van der Waals surface area (Å²) < 4.78 is 4.84. The van der Waals surface area contributed by atoms with Gasteiger partial charge in [0.1, 0.15) is 6.04 Å². The smallest absolute Gasteiger partial charge is 0.303 e. The number of carbonyl (C=O) groups is 4. The topological polar surface area (TPSA) is 84.0 Å². The Morgan fingerprint density at radius 2 is 1.77 bits per heavy atom. The van der Waals surface area contributed by atoms with Gasteiger partial charge in [0, 0.05) is 25.9 Å². The number of likely N-dealkylation sites (tertiary alicyclic amines) is 2. The number of benzene rings is 1. The standard InChI is InChI=1S/C24H32N2O5/c1-17-13-14-21(26(17)23(29)12-6-10-19-8-4-3-5-9-19)24(30)25-15-7-11-20(25)22(28)16-31-18(2)27/h3-5,8-9,17,20-21H,6-7,10-16H2,1-2H3/t17-,20+,21+/m1/s1. The van der Waals surface area contributed by atoms with E-state index in [0.29, 0.717) is 25.8 Å². The first kappa shape index (κ1) is 23.0. The molecule has 0 unspecified atom stereocenters. The van der Waals surface area contributed by atoms with Gasteiger partial charge >= 0.3 is 5.97 Å². The maximum atomic E-state index is 13.3. The molecule has 31 heavy (non-hydrogen) atoms. The molecule has 2 amide bonds. The summed E-state index contributed by atoms with van der Waals surface area (Å²) in [4.78, 5) is 53.2. The van der Waals surface area contributed by atoms with E-state index < -0.39 is 18.1 Å². The summed E-state index contributed by atoms with van der Waals surface area (Å²) in [6.07, 6.45) is 4.66. The van der Waals surface area contributed by atoms with Crippen LogP contribution in [0.3, 0.4) is 0 Å². The average molecular weight is 429 g/mol. The van der Waals surface area contributed by atoms with Crippen molar-refractivity contribution in [1.82, 2.24) is 9.80 Å². The van der Waals surface area contributed by atoms with E-state index in [4.69, 9.17) is 4.74 Å². The predicted octanol–water partition coefficient (Wildman–Crippen LogP) is 2.51. The Hall–Kier alpha value is -2.70. The van der Waals surface area contributed by atoms with Crippen LogP contribution in [-0.4, -0.2) is 64.6 Å². The Morgan fingerprint density at radius 1 is 1.03 bits per heavy atom. The fourth-order valence-electron chi connectivity index (χ4n) is 4.69. The van der Waals surface area contributed by atoms with Gasteiger partial charge < -0.3 is 14.5 Å². The highest BCUT2D eigenvalue weighted by Crippen LogP contribution is 2.29. The SMILES string of the molecule is CC(=O)OCC(=O)[C@@H]1CCCN1C(=O)[C@@H]1CC[C@@H](C)N1C(=O)CCCc1ccccc1. The number of nitrogens with zero attached hydrogens (tertiary/aromatic N) is 2. The van der Waals surface area contributed by atoms with E-state index >= 15 is 0 Å². The minimum Gasteiger partial charge on any atom is -0.458 e. The van der Waals surface area contributed by atoms with E-state index in [1.54, 1.807) is 9.80 Å². The third kappa shape index (κ3) is 5.71. The molecule has 3 atom stereocenters. The molecule has 0 aliphatic carbocycles. The lowest BCUT2D eigenvalue weighted by Gasteiger charge is -2.33. The van der Waals surface area contributed by atoms with Gasteiger partial charge in [-0.25, -0.2) is 0 Å². The van der Waals surface area contributed by atoms with E-state index in [0.717, 1.165) is 25.7 Å². The maximum absolute atomic E-state index is 13.3. The number of rotatable bonds is 8. The van der Waals surface area contributed by atoms with Crippen molar-refractivity contribution in [2.24, 2.45) is 0 Å². The molecule has 0 N–H and O–H groups in total. The second-order valence-electron chi connectivity index (χ2n) is 8.52. The highest BCUT2D eigenvalue weighted by molar-refractivity contribution is 5.94. The summed E-state index contributed by atoms with van der Waals surface area (Å²) in [5, 5.41) is 0. The number of esters is 1. The number of Topliss-reactive ketones (excluding diaryl/α,β-unsaturated/α-hetero) is 1. The molecule has 2 aliphatic rings. The summed E-state index contributed by atoms with van der Waals surface area (Å²) in [5.41, 5.74) is 1.20. The van der Waals surface area contributed by atoms with Gasteiger partial charge in [0.2, 0.25) is 11.8 Å². The zero-order valence-corrected chi connectivity index (χ0v) is 18.4. The van der Waals surface area contributed by atoms with Crippen molar-refractivity contribution in [1.29, 1.82) is 0 Å². The van der Waals surface area contributed by atoms with Gasteiger partial charge in [-0.3, -0.25) is 19.2 Å². The van der Waals surface area contributed by atoms with Gasteiger partial charge in [-0.1, -0.05) is 30.3 Å². The lowest BCUT2D eigenvalue weighted by atomic mass is 10.1. The molecule has 2 heterocycles. The molecule has 2 aliphatic heterocycles. The van der Waals surface area contributed by atoms with Gasteiger partial charge in [-0.05, 0) is 51.0 Å². The maximum Gasteiger partial charge on any atom is 0.303 e. The minimum absolute atomic E-state index is 0.00117. The number of carbonyl (C=O) groups excluding carboxylic acids is 4. The molecule has 1 aromatic rings. The molecule has 0 radical (unpaired) electrons. The van der Waals surface area contributed by atoms with Crippen LogP contribution in [0.2, 0.25) is 0 Å². The predicted molar refractivity (Wildman–Crippen MR) is 115 cm³/mol. The average Bonchev–Trinajstić information content (AvgIpc) is 3.39. The molecule has 0 spiro atoms. The minimum atomic E-state index is -0.571. The number of hydrogen-bond acceptors (Lipinski definition) is 5. The fraction of sp³-hybridized carbons (Fsp3) is 0.583. The Morgan fingerprint density at radius 3 is 2.48 bits per heavy atom. The first-order chi connectivity index (χ1) is 14.9. The molecule has 1 aromatic carbocycles. The molecule has 7 heteroatoms. The van der Waals surface area contributed by atoms with Crippen LogP contribution in [0.5, 0.6) is 0 Å². The molecule has 2 fully saturated rings. The molecule has 0 aromatic heterocycles. The summed E-state index contributed by atoms with van der Waals surface area (Å²) in [6.45, 7) is 3.42. The summed E-state index contributed by atoms with van der Waals surface area (Å²) in [7, 11) is 0. The van der Waals surface area contributed by atoms with Crippen LogP contribution >= 0.6 is 0 Å². The first-order valence-electron chi connectivity index (χ1n) is 11.2. The number of aryl methyl sites for hydroxylation is 1. The molecular formula is C24H32N2O5. The van der Waals surface area contributed by atoms with Crippen LogP contribution < -0.4 is 0 Å². The van der Waals surface area contributed by atoms with Crippen molar-refractivity contribution in [2.45, 2.75) is 76.9 Å². The molecule has 168 valence electrons. The summed E-state index contributed by atoms with van der Waals surface area (Å²) in [5.74, 6) is -0.922. The summed E-state index contributed by atoms with van der Waals surface area (Å²) in [6, 6.07) is 8.98. The molecule has 0 bridgehead atoms. The van der Waals surface area contributed by atoms with Crippen LogP contribution in [0.15, 0.2) is 30.3 Å². The third-order valence-electron chi connectivity index (χ3n) is 6.27. The van der Waals surface area contributed by atoms with E-state index in [1.165, 1.54) is 12.5 Å². The largest absolute Gasteiger partial charge is 0.458 e. The second kappa shape index (κ2) is 10.6. The van der Waals surface area contributed by atoms with Crippen molar-refractivity contribution in [3.63, 3.8) is 0 Å². The Balaban J connectivity index is 1.60. The lowest BCUT2D eigenvalue weighted by molar-refractivity contribution is -0.151. The zero-order valence-electron chi connectivity index (χ0n) is 18.4. The number of ether oxygens (including phenoxy) is 1. The molecule has 0 saturated carbocycles. The Kier molecular flexibility index (Phi) is 7.82. The van der Waals surface area contributed by atoms with Crippen LogP contribution in [0, 0.1) is 0 Å². The molecule has 2 saturated heterocycles. The van der Waals surface area contributed by atoms with Gasteiger partial charge in [-0.15, -0.1) is 0 Å². The molecular weight excluding hydrogens is 396 g/mol. The van der Waals surface area contributed by atoms with Crippen LogP contribution in [0.4, 0.5) is 0 Å². The van der Waals surface area contributed by atoms with Gasteiger partial charge in [-0.2, -0.15) is 0 Å². The van der Waals surface area contributed by atoms with E-state index in [-0.39, 0.29) is 30.2 Å². The van der Waals surface area contributed by atoms with Crippen LogP contribution in [0.1, 0.15) is 57.9 Å². The number of amides is 2. The van der Waals surface area contributed by atoms with Crippen LogP contribution in [0.25, 0.3) is 0 Å².